The van der Waals surface area contributed by atoms with Crippen molar-refractivity contribution in [3.8, 4) is 22.8 Å². The van der Waals surface area contributed by atoms with E-state index in [1.54, 1.807) is 18.2 Å². The van der Waals surface area contributed by atoms with Gasteiger partial charge in [0.25, 0.3) is 0 Å². The number of carboxylic acids is 1. The average Bonchev–Trinajstić information content (AvgIpc) is 2.78. The van der Waals surface area contributed by atoms with Crippen LogP contribution in [0.25, 0.3) is 22.3 Å². The van der Waals surface area contributed by atoms with E-state index in [0.717, 1.165) is 6.54 Å². The minimum absolute atomic E-state index is 0.0203. The fraction of sp³-hybridized carbons (Fsp3) is 0.360. The molecule has 1 aliphatic heterocycles. The summed E-state index contributed by atoms with van der Waals surface area (Å²) in [6.45, 7) is 1.36. The molecule has 174 valence electrons. The van der Waals surface area contributed by atoms with Crippen LogP contribution in [0.4, 0.5) is 4.39 Å². The second-order valence-electron chi connectivity index (χ2n) is 8.40. The van der Waals surface area contributed by atoms with Gasteiger partial charge in [0, 0.05) is 36.2 Å². The summed E-state index contributed by atoms with van der Waals surface area (Å²) in [5, 5.41) is 9.79. The van der Waals surface area contributed by atoms with Gasteiger partial charge in [0.2, 0.25) is 0 Å². The Morgan fingerprint density at radius 1 is 1.18 bits per heavy atom. The van der Waals surface area contributed by atoms with E-state index in [9.17, 15) is 19.1 Å². The van der Waals surface area contributed by atoms with Crippen molar-refractivity contribution < 1.29 is 28.2 Å². The van der Waals surface area contributed by atoms with Crippen molar-refractivity contribution in [3.63, 3.8) is 0 Å². The topological polar surface area (TPSA) is 89.2 Å². The molecular formula is C25H26FNO6. The Hall–Kier alpha value is -3.39. The highest BCUT2D eigenvalue weighted by Gasteiger charge is 2.35. The smallest absolute Gasteiger partial charge is 0.303 e. The molecule has 7 nitrogen and oxygen atoms in total. The highest BCUT2D eigenvalue weighted by atomic mass is 19.1. The Labute approximate surface area is 190 Å². The van der Waals surface area contributed by atoms with E-state index in [-0.39, 0.29) is 34.8 Å². The summed E-state index contributed by atoms with van der Waals surface area (Å²) in [5.74, 6) is -0.610. The SMILES string of the molecule is COc1cc(OC)c2c(=O)cc(-c3ccc(F)cc3)oc2c1[C@H]1CCN(C)C[C@H]1CC(=O)O. The molecule has 33 heavy (non-hydrogen) atoms. The number of likely N-dealkylation sites (tertiary alicyclic amines) is 1. The summed E-state index contributed by atoms with van der Waals surface area (Å²) in [5.41, 5.74) is 1.21. The standard InChI is InChI=1S/C25H26FNO6/c1-27-9-8-17(15(13-27)10-22(29)30)23-20(31-2)12-21(32-3)24-18(28)11-19(33-25(23)24)14-4-6-16(26)7-5-14/h4-7,11-12,15,17H,8-10,13H2,1-3H3,(H,29,30)/t15-,17+/m1/s1. The molecule has 1 N–H and O–H groups in total. The number of nitrogens with zero attached hydrogens (tertiary/aromatic N) is 1. The maximum atomic E-state index is 13.4. The first kappa shape index (κ1) is 22.8. The molecule has 0 radical (unpaired) electrons. The van der Waals surface area contributed by atoms with E-state index in [0.29, 0.717) is 41.2 Å². The predicted molar refractivity (Wildman–Crippen MR) is 122 cm³/mol. The van der Waals surface area contributed by atoms with Gasteiger partial charge in [-0.25, -0.2) is 4.39 Å². The number of hydrogen-bond acceptors (Lipinski definition) is 6. The van der Waals surface area contributed by atoms with Gasteiger partial charge in [-0.1, -0.05) is 0 Å². The number of fused-ring (bicyclic) bond motifs is 1. The number of hydrogen-bond donors (Lipinski definition) is 1. The van der Waals surface area contributed by atoms with Crippen LogP contribution in [0.1, 0.15) is 24.3 Å². The molecule has 2 atom stereocenters. The van der Waals surface area contributed by atoms with Crippen LogP contribution in [-0.2, 0) is 4.79 Å². The number of ether oxygens (including phenoxy) is 2. The molecular weight excluding hydrogens is 429 g/mol. The number of aliphatic carboxylic acids is 1. The Balaban J connectivity index is 2.00. The minimum Gasteiger partial charge on any atom is -0.496 e. The third kappa shape index (κ3) is 4.43. The van der Waals surface area contributed by atoms with Gasteiger partial charge in [-0.15, -0.1) is 0 Å². The van der Waals surface area contributed by atoms with Gasteiger partial charge in [-0.2, -0.15) is 0 Å². The summed E-state index contributed by atoms with van der Waals surface area (Å²) in [6, 6.07) is 8.69. The van der Waals surface area contributed by atoms with Gasteiger partial charge in [0.15, 0.2) is 5.43 Å². The Morgan fingerprint density at radius 3 is 2.52 bits per heavy atom. The summed E-state index contributed by atoms with van der Waals surface area (Å²) in [7, 11) is 4.94. The molecule has 0 amide bonds. The molecule has 2 heterocycles. The fourth-order valence-corrected chi connectivity index (χ4v) is 4.76. The van der Waals surface area contributed by atoms with Crippen LogP contribution in [0, 0.1) is 11.7 Å². The summed E-state index contributed by atoms with van der Waals surface area (Å²) >= 11 is 0. The predicted octanol–water partition coefficient (Wildman–Crippen LogP) is 4.13. The lowest BCUT2D eigenvalue weighted by Gasteiger charge is -2.37. The van der Waals surface area contributed by atoms with E-state index in [1.165, 1.54) is 32.4 Å². The molecule has 4 rings (SSSR count). The van der Waals surface area contributed by atoms with Crippen molar-refractivity contribution in [2.75, 3.05) is 34.4 Å². The highest BCUT2D eigenvalue weighted by Crippen LogP contribution is 2.45. The van der Waals surface area contributed by atoms with Gasteiger partial charge >= 0.3 is 5.97 Å². The molecule has 0 bridgehead atoms. The molecule has 0 spiro atoms. The Morgan fingerprint density at radius 2 is 1.88 bits per heavy atom. The Bertz CT molecular complexity index is 1240. The lowest BCUT2D eigenvalue weighted by molar-refractivity contribution is -0.138. The molecule has 1 saturated heterocycles. The molecule has 3 aromatic rings. The lowest BCUT2D eigenvalue weighted by Crippen LogP contribution is -2.38. The molecule has 2 aromatic carbocycles. The zero-order chi connectivity index (χ0) is 23.7. The van der Waals surface area contributed by atoms with E-state index < -0.39 is 11.8 Å². The van der Waals surface area contributed by atoms with Crippen LogP contribution in [0.2, 0.25) is 0 Å². The van der Waals surface area contributed by atoms with Gasteiger partial charge in [-0.3, -0.25) is 9.59 Å². The molecule has 0 aliphatic carbocycles. The van der Waals surface area contributed by atoms with Gasteiger partial charge in [0.05, 0.1) is 14.2 Å². The van der Waals surface area contributed by atoms with E-state index >= 15 is 0 Å². The lowest BCUT2D eigenvalue weighted by atomic mass is 9.77. The third-order valence-electron chi connectivity index (χ3n) is 6.28. The molecule has 1 fully saturated rings. The summed E-state index contributed by atoms with van der Waals surface area (Å²) < 4.78 is 30.9. The monoisotopic (exact) mass is 455 g/mol. The Kier molecular flexibility index (Phi) is 6.37. The maximum Gasteiger partial charge on any atom is 0.303 e. The maximum absolute atomic E-state index is 13.4. The van der Waals surface area contributed by atoms with Crippen molar-refractivity contribution in [1.29, 1.82) is 0 Å². The fourth-order valence-electron chi connectivity index (χ4n) is 4.76. The quantitative estimate of drug-likeness (QED) is 0.598. The molecule has 0 unspecified atom stereocenters. The van der Waals surface area contributed by atoms with Crippen LogP contribution >= 0.6 is 0 Å². The van der Waals surface area contributed by atoms with Crippen LogP contribution in [-0.4, -0.2) is 50.3 Å². The number of carbonyl (C=O) groups is 1. The first-order valence-electron chi connectivity index (χ1n) is 10.7. The number of carboxylic acid groups (broad SMARTS) is 1. The highest BCUT2D eigenvalue weighted by molar-refractivity contribution is 5.90. The van der Waals surface area contributed by atoms with E-state index in [4.69, 9.17) is 13.9 Å². The second-order valence-corrected chi connectivity index (χ2v) is 8.40. The summed E-state index contributed by atoms with van der Waals surface area (Å²) in [4.78, 5) is 26.9. The number of methoxy groups -OCH3 is 2. The molecule has 8 heteroatoms. The first-order valence-corrected chi connectivity index (χ1v) is 10.7. The van der Waals surface area contributed by atoms with E-state index in [1.807, 2.05) is 7.05 Å². The normalized spacial score (nSPS) is 18.9. The average molecular weight is 455 g/mol. The number of piperidine rings is 1. The van der Waals surface area contributed by atoms with Gasteiger partial charge in [-0.05, 0) is 56.1 Å². The number of rotatable bonds is 6. The summed E-state index contributed by atoms with van der Waals surface area (Å²) in [6.07, 6.45) is 0.657. The van der Waals surface area contributed by atoms with Crippen LogP contribution < -0.4 is 14.9 Å². The molecule has 0 saturated carbocycles. The second kappa shape index (κ2) is 9.23. The van der Waals surface area contributed by atoms with Crippen molar-refractivity contribution >= 4 is 16.9 Å². The zero-order valence-corrected chi connectivity index (χ0v) is 18.8. The largest absolute Gasteiger partial charge is 0.496 e. The third-order valence-corrected chi connectivity index (χ3v) is 6.28. The van der Waals surface area contributed by atoms with Crippen molar-refractivity contribution in [2.45, 2.75) is 18.8 Å². The van der Waals surface area contributed by atoms with Crippen LogP contribution in [0.15, 0.2) is 45.6 Å². The number of halogens is 1. The molecule has 1 aromatic heterocycles. The van der Waals surface area contributed by atoms with Crippen LogP contribution in [0.5, 0.6) is 11.5 Å². The molecule has 1 aliphatic rings. The van der Waals surface area contributed by atoms with Gasteiger partial charge in [0.1, 0.15) is 34.0 Å². The minimum atomic E-state index is -0.884. The van der Waals surface area contributed by atoms with Gasteiger partial charge < -0.3 is 23.9 Å². The van der Waals surface area contributed by atoms with Crippen molar-refractivity contribution in [2.24, 2.45) is 5.92 Å². The van der Waals surface area contributed by atoms with Crippen molar-refractivity contribution in [1.82, 2.24) is 4.90 Å². The first-order chi connectivity index (χ1) is 15.8. The number of benzene rings is 2. The van der Waals surface area contributed by atoms with Crippen LogP contribution in [0.3, 0.4) is 0 Å². The van der Waals surface area contributed by atoms with E-state index in [2.05, 4.69) is 4.90 Å². The zero-order valence-electron chi connectivity index (χ0n) is 18.8. The van der Waals surface area contributed by atoms with Crippen molar-refractivity contribution in [3.05, 3.63) is 58.0 Å².